The molecule has 0 radical (unpaired) electrons. The molecule has 1 saturated heterocycles. The van der Waals surface area contributed by atoms with Gasteiger partial charge in [0.1, 0.15) is 0 Å². The first kappa shape index (κ1) is 11.4. The summed E-state index contributed by atoms with van der Waals surface area (Å²) in [5.74, 6) is 0.607. The van der Waals surface area contributed by atoms with Crippen molar-refractivity contribution in [3.05, 3.63) is 10.6 Å². The van der Waals surface area contributed by atoms with Crippen LogP contribution in [-0.4, -0.2) is 36.4 Å². The Morgan fingerprint density at radius 1 is 1.47 bits per heavy atom. The van der Waals surface area contributed by atoms with Crippen LogP contribution < -0.4 is 4.90 Å². The Balaban J connectivity index is 1.81. The van der Waals surface area contributed by atoms with Crippen LogP contribution in [0.2, 0.25) is 0 Å². The molecule has 4 nitrogen and oxygen atoms in total. The van der Waals surface area contributed by atoms with Crippen molar-refractivity contribution in [3.8, 4) is 0 Å². The van der Waals surface area contributed by atoms with Crippen LogP contribution in [0.3, 0.4) is 0 Å². The van der Waals surface area contributed by atoms with E-state index >= 15 is 0 Å². The maximum atomic E-state index is 9.38. The third-order valence-corrected chi connectivity index (χ3v) is 4.73. The van der Waals surface area contributed by atoms with E-state index in [9.17, 15) is 5.11 Å². The molecule has 1 unspecified atom stereocenters. The fourth-order valence-electron chi connectivity index (χ4n) is 2.27. The van der Waals surface area contributed by atoms with Crippen molar-refractivity contribution < 1.29 is 9.84 Å². The molecule has 1 atom stereocenters. The normalized spacial score (nSPS) is 24.2. The van der Waals surface area contributed by atoms with Gasteiger partial charge in [0.25, 0.3) is 0 Å². The zero-order valence-corrected chi connectivity index (χ0v) is 10.9. The minimum absolute atomic E-state index is 0.124. The second-order valence-electron chi connectivity index (χ2n) is 4.87. The summed E-state index contributed by atoms with van der Waals surface area (Å²) in [6.07, 6.45) is 3.53. The summed E-state index contributed by atoms with van der Waals surface area (Å²) >= 11 is 1.63. The van der Waals surface area contributed by atoms with Crippen LogP contribution >= 0.6 is 11.3 Å². The van der Waals surface area contributed by atoms with Crippen LogP contribution in [0.25, 0.3) is 0 Å². The van der Waals surface area contributed by atoms with E-state index in [1.165, 1.54) is 12.8 Å². The van der Waals surface area contributed by atoms with Gasteiger partial charge in [0.2, 0.25) is 0 Å². The zero-order chi connectivity index (χ0) is 11.8. The number of hydrogen-bond acceptors (Lipinski definition) is 5. The van der Waals surface area contributed by atoms with Crippen LogP contribution in [0, 0.1) is 0 Å². The highest BCUT2D eigenvalue weighted by Gasteiger charge is 2.31. The first-order valence-corrected chi connectivity index (χ1v) is 7.02. The average Bonchev–Trinajstić information content (AvgIpc) is 2.91. The van der Waals surface area contributed by atoms with E-state index in [0.29, 0.717) is 12.0 Å². The summed E-state index contributed by atoms with van der Waals surface area (Å²) in [6.45, 7) is 1.77. The zero-order valence-electron chi connectivity index (χ0n) is 10.1. The molecule has 3 rings (SSSR count). The van der Waals surface area contributed by atoms with Crippen molar-refractivity contribution in [2.24, 2.45) is 0 Å². The van der Waals surface area contributed by atoms with Crippen molar-refractivity contribution in [1.29, 1.82) is 0 Å². The standard InChI is InChI=1S/C12H18N2O2S/c1-14(9-4-5-16-7-9)12-13-11(8-2-3-8)10(6-15)17-12/h8-9,15H,2-7H2,1H3. The Morgan fingerprint density at radius 3 is 2.88 bits per heavy atom. The Morgan fingerprint density at radius 2 is 2.29 bits per heavy atom. The second-order valence-corrected chi connectivity index (χ2v) is 5.93. The predicted molar refractivity (Wildman–Crippen MR) is 67.6 cm³/mol. The molecule has 1 aromatic heterocycles. The van der Waals surface area contributed by atoms with E-state index in [1.807, 2.05) is 0 Å². The third-order valence-electron chi connectivity index (χ3n) is 3.58. The highest BCUT2D eigenvalue weighted by molar-refractivity contribution is 7.15. The Hall–Kier alpha value is -0.650. The van der Waals surface area contributed by atoms with Crippen LogP contribution in [-0.2, 0) is 11.3 Å². The summed E-state index contributed by atoms with van der Waals surface area (Å²) in [6, 6.07) is 0.444. The molecule has 2 fully saturated rings. The highest BCUT2D eigenvalue weighted by Crippen LogP contribution is 2.44. The Labute approximate surface area is 105 Å². The van der Waals surface area contributed by atoms with E-state index in [0.717, 1.165) is 35.3 Å². The van der Waals surface area contributed by atoms with Gasteiger partial charge < -0.3 is 14.7 Å². The number of aromatic nitrogens is 1. The molecule has 94 valence electrons. The Kier molecular flexibility index (Phi) is 3.06. The number of aliphatic hydroxyl groups excluding tert-OH is 1. The number of rotatable bonds is 4. The molecule has 2 aliphatic rings. The monoisotopic (exact) mass is 254 g/mol. The minimum atomic E-state index is 0.124. The summed E-state index contributed by atoms with van der Waals surface area (Å²) in [4.78, 5) is 7.98. The van der Waals surface area contributed by atoms with Crippen molar-refractivity contribution >= 4 is 16.5 Å². The lowest BCUT2D eigenvalue weighted by Crippen LogP contribution is -2.31. The van der Waals surface area contributed by atoms with Crippen molar-refractivity contribution in [2.75, 3.05) is 25.2 Å². The van der Waals surface area contributed by atoms with Crippen LogP contribution in [0.15, 0.2) is 0 Å². The third kappa shape index (κ3) is 2.19. The molecule has 1 aliphatic heterocycles. The smallest absolute Gasteiger partial charge is 0.185 e. The van der Waals surface area contributed by atoms with Gasteiger partial charge in [-0.05, 0) is 19.3 Å². The number of nitrogens with zero attached hydrogens (tertiary/aromatic N) is 2. The summed E-state index contributed by atoms with van der Waals surface area (Å²) in [5, 5.41) is 10.4. The van der Waals surface area contributed by atoms with Gasteiger partial charge in [-0.15, -0.1) is 0 Å². The molecular formula is C12H18N2O2S. The molecular weight excluding hydrogens is 236 g/mol. The van der Waals surface area contributed by atoms with Gasteiger partial charge in [-0.1, -0.05) is 11.3 Å². The maximum absolute atomic E-state index is 9.38. The lowest BCUT2D eigenvalue weighted by Gasteiger charge is -2.21. The molecule has 1 saturated carbocycles. The van der Waals surface area contributed by atoms with Gasteiger partial charge in [-0.3, -0.25) is 0 Å². The number of ether oxygens (including phenoxy) is 1. The molecule has 1 N–H and O–H groups in total. The van der Waals surface area contributed by atoms with Gasteiger partial charge in [0.15, 0.2) is 5.13 Å². The van der Waals surface area contributed by atoms with E-state index in [1.54, 1.807) is 11.3 Å². The lowest BCUT2D eigenvalue weighted by molar-refractivity contribution is 0.193. The number of thiazole rings is 1. The van der Waals surface area contributed by atoms with Crippen molar-refractivity contribution in [1.82, 2.24) is 4.98 Å². The van der Waals surface area contributed by atoms with Crippen LogP contribution in [0.1, 0.15) is 35.8 Å². The molecule has 17 heavy (non-hydrogen) atoms. The maximum Gasteiger partial charge on any atom is 0.185 e. The van der Waals surface area contributed by atoms with Gasteiger partial charge >= 0.3 is 0 Å². The largest absolute Gasteiger partial charge is 0.391 e. The molecule has 2 heterocycles. The van der Waals surface area contributed by atoms with Crippen molar-refractivity contribution in [2.45, 2.75) is 37.8 Å². The molecule has 0 spiro atoms. The van der Waals surface area contributed by atoms with E-state index in [4.69, 9.17) is 9.72 Å². The van der Waals surface area contributed by atoms with E-state index in [2.05, 4.69) is 11.9 Å². The van der Waals surface area contributed by atoms with Crippen molar-refractivity contribution in [3.63, 3.8) is 0 Å². The number of hydrogen-bond donors (Lipinski definition) is 1. The molecule has 1 aliphatic carbocycles. The molecule has 0 aromatic carbocycles. The quantitative estimate of drug-likeness (QED) is 0.889. The topological polar surface area (TPSA) is 45.6 Å². The van der Waals surface area contributed by atoms with Gasteiger partial charge in [0.05, 0.1) is 29.8 Å². The summed E-state index contributed by atoms with van der Waals surface area (Å²) in [7, 11) is 2.08. The molecule has 0 bridgehead atoms. The Bertz CT molecular complexity index is 397. The predicted octanol–water partition coefficient (Wildman–Crippen LogP) is 1.74. The highest BCUT2D eigenvalue weighted by atomic mass is 32.1. The SMILES string of the molecule is CN(c1nc(C2CC2)c(CO)s1)C1CCOC1. The number of likely N-dealkylation sites (N-methyl/N-ethyl adjacent to an activating group) is 1. The number of anilines is 1. The summed E-state index contributed by atoms with van der Waals surface area (Å²) < 4.78 is 5.41. The van der Waals surface area contributed by atoms with Gasteiger partial charge in [0, 0.05) is 19.6 Å². The van der Waals surface area contributed by atoms with E-state index < -0.39 is 0 Å². The molecule has 5 heteroatoms. The average molecular weight is 254 g/mol. The second kappa shape index (κ2) is 4.55. The molecule has 1 aromatic rings. The fourth-order valence-corrected chi connectivity index (χ4v) is 3.31. The first-order chi connectivity index (χ1) is 8.29. The summed E-state index contributed by atoms with van der Waals surface area (Å²) in [5.41, 5.74) is 1.14. The lowest BCUT2D eigenvalue weighted by atomic mass is 10.2. The fraction of sp³-hybridized carbons (Fsp3) is 0.750. The van der Waals surface area contributed by atoms with Crippen LogP contribution in [0.4, 0.5) is 5.13 Å². The first-order valence-electron chi connectivity index (χ1n) is 6.20. The van der Waals surface area contributed by atoms with E-state index in [-0.39, 0.29) is 6.61 Å². The van der Waals surface area contributed by atoms with Gasteiger partial charge in [-0.2, -0.15) is 0 Å². The molecule has 0 amide bonds. The number of aliphatic hydroxyl groups is 1. The van der Waals surface area contributed by atoms with Gasteiger partial charge in [-0.25, -0.2) is 4.98 Å². The minimum Gasteiger partial charge on any atom is -0.391 e. The van der Waals surface area contributed by atoms with Crippen LogP contribution in [0.5, 0.6) is 0 Å².